The predicted molar refractivity (Wildman–Crippen MR) is 67.2 cm³/mol. The van der Waals surface area contributed by atoms with Crippen molar-refractivity contribution in [3.05, 3.63) is 35.9 Å². The van der Waals surface area contributed by atoms with Crippen molar-refractivity contribution in [2.45, 2.75) is 19.4 Å². The Labute approximate surface area is 105 Å². The van der Waals surface area contributed by atoms with Crippen molar-refractivity contribution >= 4 is 29.1 Å². The number of carbonyl (C=O) groups is 2. The highest BCUT2D eigenvalue weighted by atomic mass is 32.1. The normalized spacial score (nSPS) is 19.4. The molecule has 1 saturated heterocycles. The number of benzene rings is 1. The molecule has 0 bridgehead atoms. The maximum absolute atomic E-state index is 11.9. The zero-order valence-corrected chi connectivity index (χ0v) is 10.2. The molecule has 1 aliphatic rings. The zero-order valence-electron chi connectivity index (χ0n) is 9.34. The minimum absolute atomic E-state index is 0.198. The molecule has 0 radical (unpaired) electrons. The molecular formula is C12H12N2O2S. The Bertz CT molecular complexity index is 473. The number of hydrogen-bond donors (Lipinski definition) is 1. The van der Waals surface area contributed by atoms with Gasteiger partial charge in [0.1, 0.15) is 6.04 Å². The quantitative estimate of drug-likeness (QED) is 0.789. The van der Waals surface area contributed by atoms with Crippen molar-refractivity contribution in [2.75, 3.05) is 0 Å². The molecule has 17 heavy (non-hydrogen) atoms. The second-order valence-corrected chi connectivity index (χ2v) is 4.27. The first-order valence-corrected chi connectivity index (χ1v) is 5.69. The van der Waals surface area contributed by atoms with E-state index in [9.17, 15) is 9.59 Å². The van der Waals surface area contributed by atoms with Crippen LogP contribution in [0.4, 0.5) is 0 Å². The maximum Gasteiger partial charge on any atom is 0.258 e. The van der Waals surface area contributed by atoms with Crippen LogP contribution in [-0.2, 0) is 16.0 Å². The summed E-state index contributed by atoms with van der Waals surface area (Å²) in [6, 6.07) is 9.18. The molecule has 1 N–H and O–H groups in total. The number of hydrogen-bond acceptors (Lipinski definition) is 3. The van der Waals surface area contributed by atoms with E-state index in [2.05, 4.69) is 5.32 Å². The molecule has 1 aromatic carbocycles. The van der Waals surface area contributed by atoms with Gasteiger partial charge in [0, 0.05) is 13.3 Å². The van der Waals surface area contributed by atoms with Gasteiger partial charge in [0.2, 0.25) is 5.91 Å². The Morgan fingerprint density at radius 1 is 1.41 bits per heavy atom. The third kappa shape index (κ3) is 2.34. The third-order valence-corrected chi connectivity index (χ3v) is 2.92. The lowest BCUT2D eigenvalue weighted by atomic mass is 10.1. The van der Waals surface area contributed by atoms with Crippen molar-refractivity contribution < 1.29 is 9.59 Å². The molecule has 5 heteroatoms. The van der Waals surface area contributed by atoms with Crippen LogP contribution in [0.2, 0.25) is 0 Å². The van der Waals surface area contributed by atoms with Gasteiger partial charge in [-0.1, -0.05) is 30.3 Å². The smallest absolute Gasteiger partial charge is 0.258 e. The molecule has 0 spiro atoms. The summed E-state index contributed by atoms with van der Waals surface area (Å²) < 4.78 is 0. The van der Waals surface area contributed by atoms with Gasteiger partial charge in [0.25, 0.3) is 5.91 Å². The number of rotatable bonds is 2. The molecule has 1 heterocycles. The average Bonchev–Trinajstić information content (AvgIpc) is 2.55. The molecule has 1 aromatic rings. The lowest BCUT2D eigenvalue weighted by molar-refractivity contribution is -0.137. The van der Waals surface area contributed by atoms with E-state index in [1.54, 1.807) is 0 Å². The molecule has 1 fully saturated rings. The summed E-state index contributed by atoms with van der Waals surface area (Å²) in [6.07, 6.45) is 0.531. The topological polar surface area (TPSA) is 49.4 Å². The fourth-order valence-corrected chi connectivity index (χ4v) is 2.18. The van der Waals surface area contributed by atoms with Gasteiger partial charge in [-0.2, -0.15) is 0 Å². The van der Waals surface area contributed by atoms with Crippen LogP contribution in [0.25, 0.3) is 0 Å². The molecule has 1 atom stereocenters. The number of thiocarbonyl (C=S) groups is 1. The first-order chi connectivity index (χ1) is 8.09. The van der Waals surface area contributed by atoms with E-state index in [4.69, 9.17) is 12.2 Å². The molecule has 4 nitrogen and oxygen atoms in total. The predicted octanol–water partition coefficient (Wildman–Crippen LogP) is 0.861. The average molecular weight is 248 g/mol. The van der Waals surface area contributed by atoms with Crippen LogP contribution in [0, 0.1) is 0 Å². The fourth-order valence-electron chi connectivity index (χ4n) is 1.82. The van der Waals surface area contributed by atoms with E-state index in [1.165, 1.54) is 6.92 Å². The van der Waals surface area contributed by atoms with Crippen molar-refractivity contribution in [1.82, 2.24) is 10.2 Å². The fraction of sp³-hybridized carbons (Fsp3) is 0.250. The van der Waals surface area contributed by atoms with Crippen LogP contribution >= 0.6 is 12.2 Å². The largest absolute Gasteiger partial charge is 0.350 e. The van der Waals surface area contributed by atoms with Gasteiger partial charge in [0.15, 0.2) is 5.11 Å². The van der Waals surface area contributed by atoms with Crippen molar-refractivity contribution in [2.24, 2.45) is 0 Å². The van der Waals surface area contributed by atoms with Gasteiger partial charge in [-0.25, -0.2) is 4.90 Å². The Morgan fingerprint density at radius 2 is 2.06 bits per heavy atom. The van der Waals surface area contributed by atoms with Gasteiger partial charge in [0.05, 0.1) is 0 Å². The Balaban J connectivity index is 2.12. The number of nitrogens with one attached hydrogen (secondary N) is 1. The van der Waals surface area contributed by atoms with E-state index in [0.29, 0.717) is 6.42 Å². The molecule has 2 amide bonds. The van der Waals surface area contributed by atoms with Crippen LogP contribution in [0.3, 0.4) is 0 Å². The third-order valence-electron chi connectivity index (χ3n) is 2.62. The molecular weight excluding hydrogens is 236 g/mol. The highest BCUT2D eigenvalue weighted by Crippen LogP contribution is 2.12. The monoisotopic (exact) mass is 248 g/mol. The van der Waals surface area contributed by atoms with E-state index < -0.39 is 6.04 Å². The van der Waals surface area contributed by atoms with Crippen LogP contribution < -0.4 is 5.32 Å². The number of imide groups is 1. The first kappa shape index (κ1) is 11.7. The summed E-state index contributed by atoms with van der Waals surface area (Å²) in [4.78, 5) is 24.2. The Morgan fingerprint density at radius 3 is 2.59 bits per heavy atom. The summed E-state index contributed by atoms with van der Waals surface area (Å²) in [6.45, 7) is 1.33. The number of carbonyl (C=O) groups excluding carboxylic acids is 2. The van der Waals surface area contributed by atoms with Gasteiger partial charge in [-0.05, 0) is 17.8 Å². The van der Waals surface area contributed by atoms with Gasteiger partial charge >= 0.3 is 0 Å². The minimum Gasteiger partial charge on any atom is -0.350 e. The first-order valence-electron chi connectivity index (χ1n) is 5.28. The van der Waals surface area contributed by atoms with Crippen molar-refractivity contribution in [3.63, 3.8) is 0 Å². The van der Waals surface area contributed by atoms with Crippen molar-refractivity contribution in [1.29, 1.82) is 0 Å². The molecule has 0 saturated carbocycles. The lowest BCUT2D eigenvalue weighted by Crippen LogP contribution is -2.35. The summed E-state index contributed by atoms with van der Waals surface area (Å²) in [5.74, 6) is -0.616. The van der Waals surface area contributed by atoms with Crippen molar-refractivity contribution in [3.8, 4) is 0 Å². The van der Waals surface area contributed by atoms with Crippen LogP contribution in [-0.4, -0.2) is 27.9 Å². The summed E-state index contributed by atoms with van der Waals surface area (Å²) >= 11 is 4.96. The summed E-state index contributed by atoms with van der Waals surface area (Å²) in [5.41, 5.74) is 1.03. The van der Waals surface area contributed by atoms with Crippen LogP contribution in [0.1, 0.15) is 12.5 Å². The Kier molecular flexibility index (Phi) is 3.19. The highest BCUT2D eigenvalue weighted by Gasteiger charge is 2.37. The standard InChI is InChI=1S/C12H12N2O2S/c1-8(15)14-11(16)10(13-12(14)17)7-9-5-3-2-4-6-9/h2-6,10H,7H2,1H3,(H,13,17). The number of nitrogens with zero attached hydrogens (tertiary/aromatic N) is 1. The van der Waals surface area contributed by atoms with Gasteiger partial charge < -0.3 is 5.32 Å². The lowest BCUT2D eigenvalue weighted by Gasteiger charge is -2.09. The zero-order chi connectivity index (χ0) is 12.4. The molecule has 1 unspecified atom stereocenters. The van der Waals surface area contributed by atoms with E-state index in [1.807, 2.05) is 30.3 Å². The van der Waals surface area contributed by atoms with Crippen LogP contribution in [0.5, 0.6) is 0 Å². The van der Waals surface area contributed by atoms with E-state index in [-0.39, 0.29) is 16.9 Å². The highest BCUT2D eigenvalue weighted by molar-refractivity contribution is 7.80. The molecule has 1 aliphatic heterocycles. The maximum atomic E-state index is 11.9. The Hall–Kier alpha value is -1.75. The minimum atomic E-state index is -0.436. The van der Waals surface area contributed by atoms with Crippen LogP contribution in [0.15, 0.2) is 30.3 Å². The molecule has 2 rings (SSSR count). The molecule has 0 aliphatic carbocycles. The molecule has 0 aromatic heterocycles. The molecule has 88 valence electrons. The second kappa shape index (κ2) is 4.63. The van der Waals surface area contributed by atoms with E-state index in [0.717, 1.165) is 10.5 Å². The second-order valence-electron chi connectivity index (χ2n) is 3.88. The number of amides is 2. The summed E-state index contributed by atoms with van der Waals surface area (Å²) in [5, 5.41) is 3.07. The van der Waals surface area contributed by atoms with E-state index >= 15 is 0 Å². The van der Waals surface area contributed by atoms with Gasteiger partial charge in [-0.3, -0.25) is 9.59 Å². The van der Waals surface area contributed by atoms with Gasteiger partial charge in [-0.15, -0.1) is 0 Å². The summed E-state index contributed by atoms with van der Waals surface area (Å²) in [7, 11) is 0. The SMILES string of the molecule is CC(=O)N1C(=O)C(Cc2ccccc2)NC1=S.